The Labute approximate surface area is 144 Å². The predicted molar refractivity (Wildman–Crippen MR) is 94.1 cm³/mol. The molecule has 1 fully saturated rings. The van der Waals surface area contributed by atoms with E-state index in [2.05, 4.69) is 20.6 Å². The Balaban J connectivity index is 1.54. The topological polar surface area (TPSA) is 84.0 Å². The van der Waals surface area contributed by atoms with E-state index < -0.39 is 0 Å². The summed E-state index contributed by atoms with van der Waals surface area (Å²) in [5.41, 5.74) is 2.92. The second-order valence-electron chi connectivity index (χ2n) is 6.03. The van der Waals surface area contributed by atoms with Crippen molar-refractivity contribution in [3.8, 4) is 0 Å². The molecule has 1 saturated heterocycles. The van der Waals surface area contributed by atoms with Crippen LogP contribution < -0.4 is 10.6 Å². The lowest BCUT2D eigenvalue weighted by atomic mass is 10.0. The highest BCUT2D eigenvalue weighted by Gasteiger charge is 2.22. The lowest BCUT2D eigenvalue weighted by Gasteiger charge is -2.12. The van der Waals surface area contributed by atoms with E-state index in [-0.39, 0.29) is 17.9 Å². The maximum Gasteiger partial charge on any atom is 0.257 e. The van der Waals surface area contributed by atoms with E-state index in [9.17, 15) is 9.59 Å². The Morgan fingerprint density at radius 1 is 1.20 bits per heavy atom. The second-order valence-corrected chi connectivity index (χ2v) is 6.03. The lowest BCUT2D eigenvalue weighted by molar-refractivity contribution is -0.119. The molecular weight excluding hydrogens is 316 g/mol. The first-order valence-electron chi connectivity index (χ1n) is 8.09. The highest BCUT2D eigenvalue weighted by Crippen LogP contribution is 2.26. The van der Waals surface area contributed by atoms with Gasteiger partial charge in [0.15, 0.2) is 0 Å². The van der Waals surface area contributed by atoms with Crippen LogP contribution >= 0.6 is 0 Å². The summed E-state index contributed by atoms with van der Waals surface area (Å²) in [5.74, 6) is -0.157. The van der Waals surface area contributed by atoms with Gasteiger partial charge in [0.2, 0.25) is 5.91 Å². The van der Waals surface area contributed by atoms with E-state index in [1.54, 1.807) is 24.7 Å². The van der Waals surface area contributed by atoms with Crippen LogP contribution in [-0.4, -0.2) is 21.8 Å². The zero-order chi connectivity index (χ0) is 17.2. The molecule has 0 spiro atoms. The fourth-order valence-corrected chi connectivity index (χ4v) is 3.00. The number of nitrogens with zero attached hydrogens (tertiary/aromatic N) is 2. The Morgan fingerprint density at radius 3 is 2.96 bits per heavy atom. The fraction of sp³-hybridized carbons (Fsp3) is 0.158. The van der Waals surface area contributed by atoms with Gasteiger partial charge >= 0.3 is 0 Å². The van der Waals surface area contributed by atoms with Crippen LogP contribution in [0.3, 0.4) is 0 Å². The number of amides is 2. The average Bonchev–Trinajstić information content (AvgIpc) is 3.08. The number of carbonyl (C=O) groups excluding carboxylic acids is 2. The summed E-state index contributed by atoms with van der Waals surface area (Å²) >= 11 is 0. The number of benzene rings is 1. The first kappa shape index (κ1) is 15.3. The smallest absolute Gasteiger partial charge is 0.257 e. The van der Waals surface area contributed by atoms with Crippen molar-refractivity contribution in [2.24, 2.45) is 0 Å². The van der Waals surface area contributed by atoms with Crippen molar-refractivity contribution >= 4 is 28.4 Å². The van der Waals surface area contributed by atoms with Gasteiger partial charge < -0.3 is 10.6 Å². The number of hydrogen-bond acceptors (Lipinski definition) is 4. The van der Waals surface area contributed by atoms with Crippen molar-refractivity contribution in [3.05, 3.63) is 66.1 Å². The van der Waals surface area contributed by atoms with Gasteiger partial charge in [-0.2, -0.15) is 0 Å². The third kappa shape index (κ3) is 3.19. The zero-order valence-electron chi connectivity index (χ0n) is 13.4. The van der Waals surface area contributed by atoms with Crippen molar-refractivity contribution in [2.45, 2.75) is 18.9 Å². The monoisotopic (exact) mass is 332 g/mol. The van der Waals surface area contributed by atoms with E-state index in [1.165, 1.54) is 0 Å². The van der Waals surface area contributed by atoms with Crippen LogP contribution in [0.2, 0.25) is 0 Å². The third-order valence-electron chi connectivity index (χ3n) is 4.29. The molecule has 1 aliphatic heterocycles. The van der Waals surface area contributed by atoms with E-state index in [1.807, 2.05) is 30.3 Å². The number of rotatable bonds is 3. The highest BCUT2D eigenvalue weighted by molar-refractivity contribution is 6.05. The number of hydrogen-bond donors (Lipinski definition) is 2. The Morgan fingerprint density at radius 2 is 2.12 bits per heavy atom. The number of aromatic nitrogens is 2. The number of pyridine rings is 2. The quantitative estimate of drug-likeness (QED) is 0.772. The molecule has 3 heterocycles. The van der Waals surface area contributed by atoms with Gasteiger partial charge in [0.05, 0.1) is 23.3 Å². The molecule has 1 aromatic carbocycles. The summed E-state index contributed by atoms with van der Waals surface area (Å²) in [6, 6.07) is 11.2. The normalized spacial score (nSPS) is 16.6. The Bertz CT molecular complexity index is 970. The minimum absolute atomic E-state index is 0.0131. The van der Waals surface area contributed by atoms with Crippen molar-refractivity contribution in [1.82, 2.24) is 15.3 Å². The molecule has 1 unspecified atom stereocenters. The van der Waals surface area contributed by atoms with Gasteiger partial charge in [0, 0.05) is 29.9 Å². The molecule has 0 saturated carbocycles. The minimum atomic E-state index is -0.223. The number of carbonyl (C=O) groups is 2. The van der Waals surface area contributed by atoms with Crippen LogP contribution in [0.1, 0.15) is 34.8 Å². The summed E-state index contributed by atoms with van der Waals surface area (Å²) in [4.78, 5) is 32.2. The van der Waals surface area contributed by atoms with Gasteiger partial charge in [0.1, 0.15) is 0 Å². The molecule has 0 radical (unpaired) electrons. The number of nitrogens with one attached hydrogen (secondary N) is 2. The van der Waals surface area contributed by atoms with Gasteiger partial charge in [-0.3, -0.25) is 19.6 Å². The third-order valence-corrected chi connectivity index (χ3v) is 4.29. The van der Waals surface area contributed by atoms with Crippen LogP contribution in [0.25, 0.3) is 10.9 Å². The van der Waals surface area contributed by atoms with Gasteiger partial charge in [0.25, 0.3) is 5.91 Å². The molecule has 2 N–H and O–H groups in total. The summed E-state index contributed by atoms with van der Waals surface area (Å²) in [7, 11) is 0. The predicted octanol–water partition coefficient (Wildman–Crippen LogP) is 2.83. The molecule has 6 nitrogen and oxygen atoms in total. The average molecular weight is 332 g/mol. The van der Waals surface area contributed by atoms with Crippen LogP contribution in [0.15, 0.2) is 55.0 Å². The largest absolute Gasteiger partial charge is 0.349 e. The highest BCUT2D eigenvalue weighted by atomic mass is 16.2. The number of fused-ring (bicyclic) bond motifs is 1. The summed E-state index contributed by atoms with van der Waals surface area (Å²) in [6.07, 6.45) is 6.19. The molecule has 3 aromatic rings. The molecule has 124 valence electrons. The second kappa shape index (κ2) is 6.32. The van der Waals surface area contributed by atoms with Gasteiger partial charge in [-0.05, 0) is 36.2 Å². The molecule has 0 aliphatic carbocycles. The van der Waals surface area contributed by atoms with Crippen LogP contribution in [-0.2, 0) is 4.79 Å². The number of anilines is 1. The fourth-order valence-electron chi connectivity index (χ4n) is 3.00. The summed E-state index contributed by atoms with van der Waals surface area (Å²) < 4.78 is 0. The van der Waals surface area contributed by atoms with E-state index >= 15 is 0 Å². The zero-order valence-corrected chi connectivity index (χ0v) is 13.4. The van der Waals surface area contributed by atoms with Gasteiger partial charge in [-0.1, -0.05) is 12.1 Å². The van der Waals surface area contributed by atoms with Crippen molar-refractivity contribution < 1.29 is 9.59 Å². The molecule has 2 aromatic heterocycles. The first-order chi connectivity index (χ1) is 12.2. The molecule has 1 aliphatic rings. The first-order valence-corrected chi connectivity index (χ1v) is 8.09. The summed E-state index contributed by atoms with van der Waals surface area (Å²) in [6.45, 7) is 0. The lowest BCUT2D eigenvalue weighted by Crippen LogP contribution is -2.18. The van der Waals surface area contributed by atoms with E-state index in [0.717, 1.165) is 22.9 Å². The molecule has 6 heteroatoms. The molecule has 1 atom stereocenters. The van der Waals surface area contributed by atoms with Crippen molar-refractivity contribution in [2.75, 3.05) is 5.32 Å². The maximum atomic E-state index is 12.5. The van der Waals surface area contributed by atoms with Crippen molar-refractivity contribution in [3.63, 3.8) is 0 Å². The van der Waals surface area contributed by atoms with Crippen molar-refractivity contribution in [1.29, 1.82) is 0 Å². The Kier molecular flexibility index (Phi) is 3.85. The Hall–Kier alpha value is -3.28. The maximum absolute atomic E-state index is 12.5. The van der Waals surface area contributed by atoms with Gasteiger partial charge in [-0.15, -0.1) is 0 Å². The molecule has 2 amide bonds. The van der Waals surface area contributed by atoms with E-state index in [4.69, 9.17) is 0 Å². The SMILES string of the molecule is O=C1CCC(c2cccc(NC(=O)c3cnc4cnccc4c3)c2)N1. The van der Waals surface area contributed by atoms with Gasteiger partial charge in [-0.25, -0.2) is 0 Å². The molecular formula is C19H16N4O2. The summed E-state index contributed by atoms with van der Waals surface area (Å²) in [5, 5.41) is 6.69. The molecule has 4 rings (SSSR count). The minimum Gasteiger partial charge on any atom is -0.349 e. The standard InChI is InChI=1S/C19H16N4O2/c24-18-5-4-16(23-18)12-2-1-3-15(9-12)22-19(25)14-8-13-6-7-20-11-17(13)21-10-14/h1-3,6-11,16H,4-5H2,(H,22,25)(H,23,24). The molecule has 0 bridgehead atoms. The van der Waals surface area contributed by atoms with E-state index in [0.29, 0.717) is 17.7 Å². The molecule has 25 heavy (non-hydrogen) atoms. The van der Waals surface area contributed by atoms with Crippen LogP contribution in [0.5, 0.6) is 0 Å². The van der Waals surface area contributed by atoms with Crippen LogP contribution in [0, 0.1) is 0 Å². The van der Waals surface area contributed by atoms with Crippen LogP contribution in [0.4, 0.5) is 5.69 Å².